The van der Waals surface area contributed by atoms with Gasteiger partial charge in [0.1, 0.15) is 0 Å². The number of piperidine rings is 1. The fourth-order valence-electron chi connectivity index (χ4n) is 3.30. The van der Waals surface area contributed by atoms with Crippen LogP contribution in [0.25, 0.3) is 0 Å². The summed E-state index contributed by atoms with van der Waals surface area (Å²) in [5.74, 6) is -0.619. The highest BCUT2D eigenvalue weighted by Crippen LogP contribution is 2.59. The zero-order valence-corrected chi connectivity index (χ0v) is 12.2. The van der Waals surface area contributed by atoms with E-state index in [1.54, 1.807) is 11.3 Å². The van der Waals surface area contributed by atoms with Crippen molar-refractivity contribution in [2.45, 2.75) is 32.1 Å². The number of likely N-dealkylation sites (tertiary alicyclic amines) is 1. The van der Waals surface area contributed by atoms with E-state index in [0.717, 1.165) is 38.8 Å². The predicted octanol–water partition coefficient (Wildman–Crippen LogP) is 2.39. The minimum absolute atomic E-state index is 0.00989. The average molecular weight is 293 g/mol. The van der Waals surface area contributed by atoms with Crippen LogP contribution in [0.3, 0.4) is 0 Å². The first kappa shape index (κ1) is 13.6. The Morgan fingerprint density at radius 3 is 2.70 bits per heavy atom. The number of carbonyl (C=O) groups excluding carboxylic acids is 1. The number of hydrogen-bond donors (Lipinski definition) is 1. The standard InChI is InChI=1S/C15H19NO3S/c17-13(2-1-11-3-8-20-10-11)16-6-4-15(5-7-16)9-12(15)14(18)19/h3,8,10,12H,1-2,4-7,9H2,(H,18,19). The molecule has 4 nitrogen and oxygen atoms in total. The third-order valence-corrected chi connectivity index (χ3v) is 5.54. The number of nitrogens with zero attached hydrogens (tertiary/aromatic N) is 1. The van der Waals surface area contributed by atoms with Crippen LogP contribution >= 0.6 is 11.3 Å². The highest BCUT2D eigenvalue weighted by Gasteiger charge is 2.59. The number of carboxylic acids is 1. The summed E-state index contributed by atoms with van der Waals surface area (Å²) >= 11 is 1.66. The van der Waals surface area contributed by atoms with E-state index in [0.29, 0.717) is 6.42 Å². The van der Waals surface area contributed by atoms with Crippen molar-refractivity contribution in [1.82, 2.24) is 4.90 Å². The number of amides is 1. The Bertz CT molecular complexity index is 503. The Balaban J connectivity index is 1.46. The average Bonchev–Trinajstić information content (AvgIpc) is 2.90. The molecule has 2 fully saturated rings. The van der Waals surface area contributed by atoms with Gasteiger partial charge in [-0.15, -0.1) is 0 Å². The van der Waals surface area contributed by atoms with E-state index >= 15 is 0 Å². The maximum atomic E-state index is 12.2. The highest BCUT2D eigenvalue weighted by molar-refractivity contribution is 7.07. The number of aryl methyl sites for hydroxylation is 1. The molecule has 1 aliphatic heterocycles. The molecule has 2 aliphatic rings. The summed E-state index contributed by atoms with van der Waals surface area (Å²) < 4.78 is 0. The molecule has 1 aromatic heterocycles. The molecule has 2 heterocycles. The minimum Gasteiger partial charge on any atom is -0.481 e. The molecule has 1 saturated heterocycles. The van der Waals surface area contributed by atoms with Gasteiger partial charge in [0.2, 0.25) is 5.91 Å². The zero-order chi connectivity index (χ0) is 14.2. The Hall–Kier alpha value is -1.36. The van der Waals surface area contributed by atoms with Crippen molar-refractivity contribution in [3.8, 4) is 0 Å². The normalized spacial score (nSPS) is 23.8. The van der Waals surface area contributed by atoms with Crippen LogP contribution in [-0.2, 0) is 16.0 Å². The molecule has 1 atom stereocenters. The Labute approximate surface area is 122 Å². The van der Waals surface area contributed by atoms with E-state index in [9.17, 15) is 9.59 Å². The van der Waals surface area contributed by atoms with Crippen molar-refractivity contribution in [3.63, 3.8) is 0 Å². The van der Waals surface area contributed by atoms with E-state index in [4.69, 9.17) is 5.11 Å². The van der Waals surface area contributed by atoms with Gasteiger partial charge in [-0.1, -0.05) is 0 Å². The lowest BCUT2D eigenvalue weighted by molar-refractivity contribution is -0.139. The Kier molecular flexibility index (Phi) is 3.54. The number of rotatable bonds is 4. The highest BCUT2D eigenvalue weighted by atomic mass is 32.1. The maximum Gasteiger partial charge on any atom is 0.307 e. The lowest BCUT2D eigenvalue weighted by Crippen LogP contribution is -2.40. The van der Waals surface area contributed by atoms with E-state index in [-0.39, 0.29) is 17.2 Å². The minimum atomic E-state index is -0.665. The second-order valence-corrected chi connectivity index (χ2v) is 6.75. The first-order valence-electron chi connectivity index (χ1n) is 7.12. The molecule has 0 radical (unpaired) electrons. The van der Waals surface area contributed by atoms with Crippen LogP contribution in [-0.4, -0.2) is 35.0 Å². The number of carboxylic acid groups (broad SMARTS) is 1. The predicted molar refractivity (Wildman–Crippen MR) is 76.6 cm³/mol. The maximum absolute atomic E-state index is 12.2. The topological polar surface area (TPSA) is 57.6 Å². The van der Waals surface area contributed by atoms with Gasteiger partial charge >= 0.3 is 5.97 Å². The van der Waals surface area contributed by atoms with Gasteiger partial charge in [-0.2, -0.15) is 11.3 Å². The SMILES string of the molecule is O=C(O)C1CC12CCN(C(=O)CCc1ccsc1)CC2. The summed E-state index contributed by atoms with van der Waals surface area (Å²) in [6.45, 7) is 1.46. The van der Waals surface area contributed by atoms with Crippen LogP contribution in [0.4, 0.5) is 0 Å². The van der Waals surface area contributed by atoms with Gasteiger partial charge in [0.05, 0.1) is 5.92 Å². The first-order valence-corrected chi connectivity index (χ1v) is 8.07. The molecule has 3 rings (SSSR count). The van der Waals surface area contributed by atoms with Crippen LogP contribution in [0.15, 0.2) is 16.8 Å². The van der Waals surface area contributed by atoms with Crippen molar-refractivity contribution in [2.75, 3.05) is 13.1 Å². The van der Waals surface area contributed by atoms with Gasteiger partial charge < -0.3 is 10.0 Å². The van der Waals surface area contributed by atoms with Gasteiger partial charge in [-0.3, -0.25) is 9.59 Å². The summed E-state index contributed by atoms with van der Waals surface area (Å²) in [7, 11) is 0. The second kappa shape index (κ2) is 5.20. The van der Waals surface area contributed by atoms with Crippen LogP contribution < -0.4 is 0 Å². The van der Waals surface area contributed by atoms with Gasteiger partial charge in [-0.05, 0) is 53.5 Å². The van der Waals surface area contributed by atoms with Gasteiger partial charge in [0.25, 0.3) is 0 Å². The molecule has 1 saturated carbocycles. The van der Waals surface area contributed by atoms with E-state index < -0.39 is 5.97 Å². The lowest BCUT2D eigenvalue weighted by atomic mass is 9.90. The molecule has 1 aromatic rings. The molecule has 1 unspecified atom stereocenters. The summed E-state index contributed by atoms with van der Waals surface area (Å²) in [5.41, 5.74) is 1.24. The molecular weight excluding hydrogens is 274 g/mol. The second-order valence-electron chi connectivity index (χ2n) is 5.97. The van der Waals surface area contributed by atoms with E-state index in [1.807, 2.05) is 10.3 Å². The summed E-state index contributed by atoms with van der Waals surface area (Å²) in [6.07, 6.45) is 3.88. The lowest BCUT2D eigenvalue weighted by Gasteiger charge is -2.32. The molecule has 1 spiro atoms. The smallest absolute Gasteiger partial charge is 0.307 e. The molecule has 20 heavy (non-hydrogen) atoms. The molecule has 1 N–H and O–H groups in total. The molecule has 108 valence electrons. The zero-order valence-electron chi connectivity index (χ0n) is 11.4. The molecule has 1 amide bonds. The number of carbonyl (C=O) groups is 2. The van der Waals surface area contributed by atoms with E-state index in [1.165, 1.54) is 5.56 Å². The summed E-state index contributed by atoms with van der Waals surface area (Å²) in [5, 5.41) is 13.2. The third kappa shape index (κ3) is 2.59. The Morgan fingerprint density at radius 2 is 2.15 bits per heavy atom. The first-order chi connectivity index (χ1) is 9.61. The fraction of sp³-hybridized carbons (Fsp3) is 0.600. The van der Waals surface area contributed by atoms with Crippen LogP contribution in [0.5, 0.6) is 0 Å². The van der Waals surface area contributed by atoms with Gasteiger partial charge in [0, 0.05) is 19.5 Å². The molecule has 1 aliphatic carbocycles. The quantitative estimate of drug-likeness (QED) is 0.927. The monoisotopic (exact) mass is 293 g/mol. The largest absolute Gasteiger partial charge is 0.481 e. The van der Waals surface area contributed by atoms with Crippen molar-refractivity contribution in [1.29, 1.82) is 0 Å². The Morgan fingerprint density at radius 1 is 1.40 bits per heavy atom. The van der Waals surface area contributed by atoms with Crippen LogP contribution in [0.2, 0.25) is 0 Å². The van der Waals surface area contributed by atoms with E-state index in [2.05, 4.69) is 11.4 Å². The fourth-order valence-corrected chi connectivity index (χ4v) is 4.00. The van der Waals surface area contributed by atoms with Crippen molar-refractivity contribution >= 4 is 23.2 Å². The molecule has 5 heteroatoms. The third-order valence-electron chi connectivity index (χ3n) is 4.81. The molecule has 0 bridgehead atoms. The summed E-state index contributed by atoms with van der Waals surface area (Å²) in [4.78, 5) is 25.1. The number of thiophene rings is 1. The van der Waals surface area contributed by atoms with Gasteiger partial charge in [-0.25, -0.2) is 0 Å². The van der Waals surface area contributed by atoms with Crippen molar-refractivity contribution in [3.05, 3.63) is 22.4 Å². The van der Waals surface area contributed by atoms with Crippen LogP contribution in [0.1, 0.15) is 31.2 Å². The molecular formula is C15H19NO3S. The van der Waals surface area contributed by atoms with Gasteiger partial charge in [0.15, 0.2) is 0 Å². The van der Waals surface area contributed by atoms with Crippen LogP contribution in [0, 0.1) is 11.3 Å². The van der Waals surface area contributed by atoms with Crippen molar-refractivity contribution in [2.24, 2.45) is 11.3 Å². The molecule has 0 aromatic carbocycles. The number of aliphatic carboxylic acids is 1. The number of hydrogen-bond acceptors (Lipinski definition) is 3. The summed E-state index contributed by atoms with van der Waals surface area (Å²) in [6, 6.07) is 2.06. The van der Waals surface area contributed by atoms with Crippen molar-refractivity contribution < 1.29 is 14.7 Å².